The lowest BCUT2D eigenvalue weighted by Crippen LogP contribution is -2.13. The Morgan fingerprint density at radius 3 is 2.85 bits per heavy atom. The van der Waals surface area contributed by atoms with Crippen LogP contribution >= 0.6 is 0 Å². The van der Waals surface area contributed by atoms with E-state index in [1.807, 2.05) is 0 Å². The van der Waals surface area contributed by atoms with Crippen molar-refractivity contribution in [3.63, 3.8) is 0 Å². The van der Waals surface area contributed by atoms with E-state index in [-0.39, 0.29) is 5.82 Å². The molecule has 1 heterocycles. The van der Waals surface area contributed by atoms with Crippen LogP contribution in [0.1, 0.15) is 0 Å². The Morgan fingerprint density at radius 1 is 1.31 bits per heavy atom. The summed E-state index contributed by atoms with van der Waals surface area (Å²) < 4.78 is 0. The maximum atomic E-state index is 10.9. The molecule has 0 unspecified atom stereocenters. The van der Waals surface area contributed by atoms with Crippen molar-refractivity contribution >= 4 is 22.4 Å². The average Bonchev–Trinajstić information content (AvgIpc) is 2.02. The largest absolute Gasteiger partial charge is 0.398 e. The molecule has 1 aromatic carbocycles. The quantitative estimate of drug-likeness (QED) is 0.495. The van der Waals surface area contributed by atoms with Crippen molar-refractivity contribution < 1.29 is 0 Å². The molecule has 0 aliphatic rings. The monoisotopic (exact) mass is 176 g/mol. The van der Waals surface area contributed by atoms with E-state index in [0.29, 0.717) is 16.6 Å². The molecule has 66 valence electrons. The molecule has 5 nitrogen and oxygen atoms in total. The minimum atomic E-state index is -0.462. The predicted molar refractivity (Wildman–Crippen MR) is 51.2 cm³/mol. The zero-order valence-corrected chi connectivity index (χ0v) is 6.74. The number of aromatic amines is 1. The summed E-state index contributed by atoms with van der Waals surface area (Å²) in [4.78, 5) is 17.0. The van der Waals surface area contributed by atoms with Gasteiger partial charge in [0.2, 0.25) is 0 Å². The van der Waals surface area contributed by atoms with E-state index in [9.17, 15) is 4.79 Å². The van der Waals surface area contributed by atoms with Crippen molar-refractivity contribution in [1.29, 1.82) is 0 Å². The highest BCUT2D eigenvalue weighted by molar-refractivity contribution is 5.97. The van der Waals surface area contributed by atoms with Crippen LogP contribution in [0.15, 0.2) is 23.0 Å². The molecule has 0 atom stereocenters. The zero-order valence-electron chi connectivity index (χ0n) is 6.74. The van der Waals surface area contributed by atoms with Gasteiger partial charge in [-0.25, -0.2) is 4.79 Å². The Kier molecular flexibility index (Phi) is 1.45. The SMILES string of the molecule is Nc1cccc2[nH]c(=O)nc(N)c12. The highest BCUT2D eigenvalue weighted by Gasteiger charge is 2.03. The van der Waals surface area contributed by atoms with Gasteiger partial charge in [-0.2, -0.15) is 4.98 Å². The summed E-state index contributed by atoms with van der Waals surface area (Å²) in [6.07, 6.45) is 0. The lowest BCUT2D eigenvalue weighted by atomic mass is 10.2. The molecule has 0 radical (unpaired) electrons. The lowest BCUT2D eigenvalue weighted by Gasteiger charge is -2.02. The Labute approximate surface area is 73.4 Å². The highest BCUT2D eigenvalue weighted by atomic mass is 16.1. The molecule has 13 heavy (non-hydrogen) atoms. The molecule has 0 saturated heterocycles. The summed E-state index contributed by atoms with van der Waals surface area (Å²) in [5.41, 5.74) is 11.9. The van der Waals surface area contributed by atoms with Crippen molar-refractivity contribution in [3.05, 3.63) is 28.7 Å². The standard InChI is InChI=1S/C8H8N4O/c9-4-2-1-3-5-6(4)7(10)12-8(13)11-5/h1-3H,9H2,(H3,10,11,12,13). The fourth-order valence-corrected chi connectivity index (χ4v) is 1.27. The van der Waals surface area contributed by atoms with Crippen LogP contribution in [-0.2, 0) is 0 Å². The maximum Gasteiger partial charge on any atom is 0.347 e. The molecule has 0 fully saturated rings. The molecule has 5 heteroatoms. The normalized spacial score (nSPS) is 10.5. The number of H-pyrrole nitrogens is 1. The van der Waals surface area contributed by atoms with Crippen molar-refractivity contribution in [1.82, 2.24) is 9.97 Å². The molecule has 0 aliphatic heterocycles. The third kappa shape index (κ3) is 1.10. The summed E-state index contributed by atoms with van der Waals surface area (Å²) in [6, 6.07) is 5.18. The number of rotatable bonds is 0. The minimum absolute atomic E-state index is 0.164. The van der Waals surface area contributed by atoms with Crippen LogP contribution in [0.5, 0.6) is 0 Å². The predicted octanol–water partition coefficient (Wildman–Crippen LogP) is 0.0875. The minimum Gasteiger partial charge on any atom is -0.398 e. The van der Waals surface area contributed by atoms with E-state index in [2.05, 4.69) is 9.97 Å². The molecule has 2 aromatic rings. The fraction of sp³-hybridized carbons (Fsp3) is 0. The van der Waals surface area contributed by atoms with Crippen LogP contribution in [-0.4, -0.2) is 9.97 Å². The van der Waals surface area contributed by atoms with Crippen LogP contribution in [0.4, 0.5) is 11.5 Å². The van der Waals surface area contributed by atoms with Crippen LogP contribution in [0.25, 0.3) is 10.9 Å². The van der Waals surface area contributed by atoms with Gasteiger partial charge in [-0.15, -0.1) is 0 Å². The number of hydrogen-bond donors (Lipinski definition) is 3. The first-order valence-corrected chi connectivity index (χ1v) is 3.72. The van der Waals surface area contributed by atoms with Crippen molar-refractivity contribution in [2.45, 2.75) is 0 Å². The Balaban J connectivity index is 3.03. The van der Waals surface area contributed by atoms with Gasteiger partial charge in [-0.05, 0) is 12.1 Å². The van der Waals surface area contributed by atoms with Gasteiger partial charge in [-0.1, -0.05) is 6.07 Å². The van der Waals surface area contributed by atoms with Gasteiger partial charge in [0.25, 0.3) is 0 Å². The number of aromatic nitrogens is 2. The lowest BCUT2D eigenvalue weighted by molar-refractivity contribution is 1.13. The fourth-order valence-electron chi connectivity index (χ4n) is 1.27. The van der Waals surface area contributed by atoms with E-state index in [0.717, 1.165) is 0 Å². The molecule has 0 amide bonds. The average molecular weight is 176 g/mol. The van der Waals surface area contributed by atoms with Crippen molar-refractivity contribution in [2.75, 3.05) is 11.5 Å². The Morgan fingerprint density at radius 2 is 2.08 bits per heavy atom. The molecule has 0 spiro atoms. The van der Waals surface area contributed by atoms with E-state index in [1.165, 1.54) is 0 Å². The number of nitrogen functional groups attached to an aromatic ring is 2. The van der Waals surface area contributed by atoms with Crippen LogP contribution in [0.3, 0.4) is 0 Å². The first kappa shape index (κ1) is 7.60. The highest BCUT2D eigenvalue weighted by Crippen LogP contribution is 2.21. The van der Waals surface area contributed by atoms with Crippen molar-refractivity contribution in [2.24, 2.45) is 0 Å². The second kappa shape index (κ2) is 2.48. The Bertz CT molecular complexity index is 517. The van der Waals surface area contributed by atoms with Crippen LogP contribution in [0.2, 0.25) is 0 Å². The van der Waals surface area contributed by atoms with Gasteiger partial charge in [0.15, 0.2) is 0 Å². The molecule has 0 aliphatic carbocycles. The van der Waals surface area contributed by atoms with Gasteiger partial charge < -0.3 is 16.5 Å². The van der Waals surface area contributed by atoms with Gasteiger partial charge in [0.1, 0.15) is 5.82 Å². The molecular weight excluding hydrogens is 168 g/mol. The Hall–Kier alpha value is -2.04. The topological polar surface area (TPSA) is 97.8 Å². The van der Waals surface area contributed by atoms with Crippen LogP contribution < -0.4 is 17.2 Å². The third-order valence-electron chi connectivity index (χ3n) is 1.82. The van der Waals surface area contributed by atoms with E-state index in [1.54, 1.807) is 18.2 Å². The number of nitrogens with one attached hydrogen (secondary N) is 1. The molecule has 0 bridgehead atoms. The molecule has 0 saturated carbocycles. The number of benzene rings is 1. The second-order valence-corrected chi connectivity index (χ2v) is 2.70. The number of anilines is 2. The van der Waals surface area contributed by atoms with Gasteiger partial charge in [0.05, 0.1) is 10.9 Å². The summed E-state index contributed by atoms with van der Waals surface area (Å²) in [5.74, 6) is 0.164. The summed E-state index contributed by atoms with van der Waals surface area (Å²) in [7, 11) is 0. The van der Waals surface area contributed by atoms with Gasteiger partial charge in [-0.3, -0.25) is 0 Å². The van der Waals surface area contributed by atoms with Crippen molar-refractivity contribution in [3.8, 4) is 0 Å². The number of fused-ring (bicyclic) bond motifs is 1. The molecule has 5 N–H and O–H groups in total. The third-order valence-corrected chi connectivity index (χ3v) is 1.82. The molecular formula is C8H8N4O. The first-order chi connectivity index (χ1) is 6.18. The second-order valence-electron chi connectivity index (χ2n) is 2.70. The smallest absolute Gasteiger partial charge is 0.347 e. The van der Waals surface area contributed by atoms with Crippen LogP contribution in [0, 0.1) is 0 Å². The van der Waals surface area contributed by atoms with Gasteiger partial charge >= 0.3 is 5.69 Å². The summed E-state index contributed by atoms with van der Waals surface area (Å²) in [5, 5.41) is 0.599. The zero-order chi connectivity index (χ0) is 9.42. The number of nitrogens with zero attached hydrogens (tertiary/aromatic N) is 1. The molecule has 1 aromatic heterocycles. The van der Waals surface area contributed by atoms with E-state index < -0.39 is 5.69 Å². The molecule has 2 rings (SSSR count). The summed E-state index contributed by atoms with van der Waals surface area (Å²) >= 11 is 0. The van der Waals surface area contributed by atoms with E-state index >= 15 is 0 Å². The first-order valence-electron chi connectivity index (χ1n) is 3.72. The number of hydrogen-bond acceptors (Lipinski definition) is 4. The maximum absolute atomic E-state index is 10.9. The van der Waals surface area contributed by atoms with E-state index in [4.69, 9.17) is 11.5 Å². The van der Waals surface area contributed by atoms with Gasteiger partial charge in [0, 0.05) is 5.69 Å². The number of nitrogens with two attached hydrogens (primary N) is 2. The summed E-state index contributed by atoms with van der Waals surface area (Å²) in [6.45, 7) is 0.